The van der Waals surface area contributed by atoms with Gasteiger partial charge in [-0.05, 0) is 61.4 Å². The number of pyridine rings is 1. The molecule has 38 heavy (non-hydrogen) atoms. The molecule has 0 bridgehead atoms. The molecular weight excluding hydrogens is 490 g/mol. The number of rotatable bonds is 12. The lowest BCUT2D eigenvalue weighted by Gasteiger charge is -2.07. The van der Waals surface area contributed by atoms with E-state index in [1.54, 1.807) is 6.07 Å². The predicted molar refractivity (Wildman–Crippen MR) is 143 cm³/mol. The van der Waals surface area contributed by atoms with Crippen LogP contribution in [0.1, 0.15) is 44.9 Å². The molecule has 0 saturated heterocycles. The molecular formula is C27H29N5O6. The summed E-state index contributed by atoms with van der Waals surface area (Å²) in [6.07, 6.45) is 3.98. The van der Waals surface area contributed by atoms with E-state index < -0.39 is 11.8 Å². The molecule has 3 rings (SSSR count). The number of amides is 2. The van der Waals surface area contributed by atoms with E-state index in [1.165, 1.54) is 61.0 Å². The van der Waals surface area contributed by atoms with Crippen molar-refractivity contribution in [3.8, 4) is 23.0 Å². The van der Waals surface area contributed by atoms with Gasteiger partial charge in [-0.15, -0.1) is 0 Å². The van der Waals surface area contributed by atoms with Gasteiger partial charge in [-0.2, -0.15) is 0 Å². The summed E-state index contributed by atoms with van der Waals surface area (Å²) in [5.41, 5.74) is 1.02. The zero-order valence-corrected chi connectivity index (χ0v) is 20.5. The number of phenolic OH excluding ortho intramolecular Hbond substituents is 4. The standard InChI is InChI=1S/C27H29N5O6/c33-20-6-8-24(35)18(14-20)16-28-10-2-12-30-26(37)22-4-1-5-23(32-22)27(38)31-13-3-11-29-17-19-15-21(34)7-9-25(19)36/h1,4-9,14-17,33-36H,2-3,10-13H2,(H,30,37)(H,31,38). The number of hydrogen-bond donors (Lipinski definition) is 6. The number of nitrogens with one attached hydrogen (secondary N) is 2. The fourth-order valence-electron chi connectivity index (χ4n) is 3.23. The predicted octanol–water partition coefficient (Wildman–Crippen LogP) is 2.38. The Labute approximate surface area is 219 Å². The molecule has 11 heteroatoms. The fourth-order valence-corrected chi connectivity index (χ4v) is 3.23. The molecule has 198 valence electrons. The van der Waals surface area contributed by atoms with Crippen LogP contribution in [-0.2, 0) is 0 Å². The Bertz CT molecular complexity index is 1230. The summed E-state index contributed by atoms with van der Waals surface area (Å²) in [7, 11) is 0. The normalized spacial score (nSPS) is 11.2. The molecule has 0 saturated carbocycles. The molecule has 0 atom stereocenters. The van der Waals surface area contributed by atoms with Crippen molar-refractivity contribution in [1.82, 2.24) is 15.6 Å². The Balaban J connectivity index is 1.37. The van der Waals surface area contributed by atoms with Crippen molar-refractivity contribution in [2.45, 2.75) is 12.8 Å². The van der Waals surface area contributed by atoms with Gasteiger partial charge in [-0.1, -0.05) is 6.07 Å². The first-order valence-electron chi connectivity index (χ1n) is 11.9. The van der Waals surface area contributed by atoms with Crippen LogP contribution in [0.15, 0.2) is 64.6 Å². The van der Waals surface area contributed by atoms with Crippen molar-refractivity contribution >= 4 is 24.2 Å². The number of phenols is 4. The van der Waals surface area contributed by atoms with Crippen molar-refractivity contribution in [3.63, 3.8) is 0 Å². The maximum absolute atomic E-state index is 12.4. The average Bonchev–Trinajstić information content (AvgIpc) is 2.91. The number of aliphatic imine (C=N–C) groups is 2. The quantitative estimate of drug-likeness (QED) is 0.121. The molecule has 1 aromatic heterocycles. The minimum Gasteiger partial charge on any atom is -0.508 e. The first-order chi connectivity index (χ1) is 18.3. The van der Waals surface area contributed by atoms with Gasteiger partial charge in [0.1, 0.15) is 34.4 Å². The molecule has 6 N–H and O–H groups in total. The molecule has 0 aliphatic heterocycles. The molecule has 0 unspecified atom stereocenters. The Kier molecular flexibility index (Phi) is 10.2. The maximum Gasteiger partial charge on any atom is 0.269 e. The van der Waals surface area contributed by atoms with Crippen molar-refractivity contribution < 1.29 is 30.0 Å². The SMILES string of the molecule is O=C(NCCCN=Cc1cc(O)ccc1O)c1cccc(C(=O)NCCCN=Cc2cc(O)ccc2O)n1. The van der Waals surface area contributed by atoms with E-state index in [2.05, 4.69) is 25.6 Å². The molecule has 0 radical (unpaired) electrons. The third kappa shape index (κ3) is 8.63. The fraction of sp³-hybridized carbons (Fsp3) is 0.222. The molecule has 0 spiro atoms. The number of nitrogens with zero attached hydrogens (tertiary/aromatic N) is 3. The summed E-state index contributed by atoms with van der Waals surface area (Å²) < 4.78 is 0. The second kappa shape index (κ2) is 14.0. The first kappa shape index (κ1) is 27.7. The van der Waals surface area contributed by atoms with Gasteiger partial charge < -0.3 is 31.1 Å². The maximum atomic E-state index is 12.4. The van der Waals surface area contributed by atoms with E-state index in [-0.39, 0.29) is 34.4 Å². The largest absolute Gasteiger partial charge is 0.508 e. The van der Waals surface area contributed by atoms with E-state index in [0.29, 0.717) is 50.1 Å². The molecule has 2 amide bonds. The van der Waals surface area contributed by atoms with E-state index >= 15 is 0 Å². The van der Waals surface area contributed by atoms with Crippen LogP contribution in [0.5, 0.6) is 23.0 Å². The molecule has 2 aromatic carbocycles. The van der Waals surface area contributed by atoms with Crippen LogP contribution in [0.2, 0.25) is 0 Å². The summed E-state index contributed by atoms with van der Waals surface area (Å²) in [5.74, 6) is -0.767. The lowest BCUT2D eigenvalue weighted by Crippen LogP contribution is -2.29. The second-order valence-corrected chi connectivity index (χ2v) is 8.18. The van der Waals surface area contributed by atoms with Crippen LogP contribution < -0.4 is 10.6 Å². The topological polar surface area (TPSA) is 177 Å². The molecule has 3 aromatic rings. The number of benzene rings is 2. The number of aromatic hydroxyl groups is 4. The third-order valence-electron chi connectivity index (χ3n) is 5.20. The molecule has 1 heterocycles. The first-order valence-corrected chi connectivity index (χ1v) is 11.9. The number of carbonyl (C=O) groups is 2. The Hall–Kier alpha value is -4.93. The van der Waals surface area contributed by atoms with E-state index in [9.17, 15) is 30.0 Å². The van der Waals surface area contributed by atoms with Crippen LogP contribution in [0.25, 0.3) is 0 Å². The molecule has 0 aliphatic rings. The minimum absolute atomic E-state index is 0.00875. The van der Waals surface area contributed by atoms with Gasteiger partial charge in [-0.25, -0.2) is 4.98 Å². The average molecular weight is 520 g/mol. The highest BCUT2D eigenvalue weighted by Crippen LogP contribution is 2.21. The number of aromatic nitrogens is 1. The summed E-state index contributed by atoms with van der Waals surface area (Å²) >= 11 is 0. The zero-order chi connectivity index (χ0) is 27.3. The summed E-state index contributed by atoms with van der Waals surface area (Å²) in [6, 6.07) is 12.9. The van der Waals surface area contributed by atoms with E-state index in [0.717, 1.165) is 0 Å². The highest BCUT2D eigenvalue weighted by molar-refractivity contribution is 5.96. The lowest BCUT2D eigenvalue weighted by atomic mass is 10.2. The molecule has 0 aliphatic carbocycles. The highest BCUT2D eigenvalue weighted by Gasteiger charge is 2.11. The lowest BCUT2D eigenvalue weighted by molar-refractivity contribution is 0.0944. The summed E-state index contributed by atoms with van der Waals surface area (Å²) in [4.78, 5) is 37.3. The van der Waals surface area contributed by atoms with Gasteiger partial charge >= 0.3 is 0 Å². The van der Waals surface area contributed by atoms with Crippen LogP contribution >= 0.6 is 0 Å². The van der Waals surface area contributed by atoms with E-state index in [1.807, 2.05) is 0 Å². The van der Waals surface area contributed by atoms with Gasteiger partial charge in [-0.3, -0.25) is 19.6 Å². The number of hydrogen-bond acceptors (Lipinski definition) is 9. The zero-order valence-electron chi connectivity index (χ0n) is 20.5. The smallest absolute Gasteiger partial charge is 0.269 e. The van der Waals surface area contributed by atoms with Gasteiger partial charge in [0.05, 0.1) is 0 Å². The third-order valence-corrected chi connectivity index (χ3v) is 5.20. The Morgan fingerprint density at radius 1 is 0.711 bits per heavy atom. The van der Waals surface area contributed by atoms with Gasteiger partial charge in [0.25, 0.3) is 11.8 Å². The second-order valence-electron chi connectivity index (χ2n) is 8.18. The molecule has 11 nitrogen and oxygen atoms in total. The highest BCUT2D eigenvalue weighted by atomic mass is 16.3. The Morgan fingerprint density at radius 2 is 1.16 bits per heavy atom. The Morgan fingerprint density at radius 3 is 1.61 bits per heavy atom. The van der Waals surface area contributed by atoms with Crippen LogP contribution in [-0.4, -0.2) is 75.8 Å². The van der Waals surface area contributed by atoms with Crippen molar-refractivity contribution in [2.75, 3.05) is 26.2 Å². The van der Waals surface area contributed by atoms with Crippen molar-refractivity contribution in [2.24, 2.45) is 9.98 Å². The van der Waals surface area contributed by atoms with Gasteiger partial charge in [0.2, 0.25) is 0 Å². The molecule has 0 fully saturated rings. The van der Waals surface area contributed by atoms with Crippen LogP contribution in [0, 0.1) is 0 Å². The summed E-state index contributed by atoms with van der Waals surface area (Å²) in [5, 5.41) is 43.8. The van der Waals surface area contributed by atoms with Crippen LogP contribution in [0.4, 0.5) is 0 Å². The van der Waals surface area contributed by atoms with Gasteiger partial charge in [0.15, 0.2) is 0 Å². The van der Waals surface area contributed by atoms with Crippen LogP contribution in [0.3, 0.4) is 0 Å². The van der Waals surface area contributed by atoms with Crippen molar-refractivity contribution in [3.05, 3.63) is 77.1 Å². The minimum atomic E-state index is -0.418. The number of carbonyl (C=O) groups excluding carboxylic acids is 2. The van der Waals surface area contributed by atoms with Gasteiger partial charge in [0, 0.05) is 49.7 Å². The van der Waals surface area contributed by atoms with Crippen molar-refractivity contribution in [1.29, 1.82) is 0 Å². The van der Waals surface area contributed by atoms with E-state index in [4.69, 9.17) is 0 Å². The summed E-state index contributed by atoms with van der Waals surface area (Å²) in [6.45, 7) is 1.46. The monoisotopic (exact) mass is 519 g/mol.